The van der Waals surface area contributed by atoms with Crippen molar-refractivity contribution in [3.05, 3.63) is 60.2 Å². The van der Waals surface area contributed by atoms with Crippen molar-refractivity contribution in [2.24, 2.45) is 0 Å². The lowest BCUT2D eigenvalue weighted by Gasteiger charge is -2.08. The smallest absolute Gasteiger partial charge is 0.306 e. The average Bonchev–Trinajstić information content (AvgIpc) is 2.52. The third-order valence-corrected chi connectivity index (χ3v) is 2.82. The minimum Gasteiger partial charge on any atom is -0.481 e. The van der Waals surface area contributed by atoms with Gasteiger partial charge in [0.2, 0.25) is 0 Å². The van der Waals surface area contributed by atoms with Crippen LogP contribution in [0.2, 0.25) is 0 Å². The van der Waals surface area contributed by atoms with E-state index in [1.54, 1.807) is 12.1 Å². The van der Waals surface area contributed by atoms with Gasteiger partial charge >= 0.3 is 11.9 Å². The van der Waals surface area contributed by atoms with Gasteiger partial charge in [0.1, 0.15) is 18.1 Å². The normalized spacial score (nSPS) is 10.0. The number of ether oxygens (including phenoxy) is 2. The van der Waals surface area contributed by atoms with E-state index in [0.717, 1.165) is 11.3 Å². The second kappa shape index (κ2) is 7.83. The lowest BCUT2D eigenvalue weighted by Crippen LogP contribution is -2.07. The summed E-state index contributed by atoms with van der Waals surface area (Å²) in [7, 11) is 0. The van der Waals surface area contributed by atoms with Gasteiger partial charge in [0, 0.05) is 0 Å². The zero-order valence-corrected chi connectivity index (χ0v) is 11.9. The molecule has 0 atom stereocenters. The summed E-state index contributed by atoms with van der Waals surface area (Å²) in [5.41, 5.74) is 0.775. The molecular formula is C17H16O5. The summed E-state index contributed by atoms with van der Waals surface area (Å²) in [5.74, 6) is -0.185. The van der Waals surface area contributed by atoms with E-state index in [1.165, 1.54) is 0 Å². The molecule has 114 valence electrons. The molecule has 0 heterocycles. The van der Waals surface area contributed by atoms with Crippen LogP contribution in [0.1, 0.15) is 18.4 Å². The zero-order chi connectivity index (χ0) is 15.8. The van der Waals surface area contributed by atoms with Gasteiger partial charge in [-0.2, -0.15) is 0 Å². The standard InChI is InChI=1S/C17H16O5/c18-16(19)9-10-17(20)21-12-13-5-4-8-15(11-13)22-14-6-2-1-3-7-14/h1-8,11H,9-10,12H2,(H,18,19). The van der Waals surface area contributed by atoms with E-state index in [-0.39, 0.29) is 19.4 Å². The molecule has 0 aliphatic heterocycles. The summed E-state index contributed by atoms with van der Waals surface area (Å²) in [6.07, 6.45) is -0.356. The predicted octanol–water partition coefficient (Wildman–Crippen LogP) is 3.39. The van der Waals surface area contributed by atoms with Gasteiger partial charge in [0.05, 0.1) is 12.8 Å². The van der Waals surface area contributed by atoms with Gasteiger partial charge in [-0.15, -0.1) is 0 Å². The molecule has 0 saturated carbocycles. The number of carboxylic acid groups (broad SMARTS) is 1. The van der Waals surface area contributed by atoms with Crippen LogP contribution in [-0.4, -0.2) is 17.0 Å². The van der Waals surface area contributed by atoms with Crippen LogP contribution in [0.3, 0.4) is 0 Å². The van der Waals surface area contributed by atoms with Gasteiger partial charge in [0.15, 0.2) is 0 Å². The van der Waals surface area contributed by atoms with E-state index >= 15 is 0 Å². The Morgan fingerprint density at radius 2 is 1.64 bits per heavy atom. The average molecular weight is 300 g/mol. The van der Waals surface area contributed by atoms with E-state index in [4.69, 9.17) is 14.6 Å². The zero-order valence-electron chi connectivity index (χ0n) is 11.9. The number of carbonyl (C=O) groups excluding carboxylic acids is 1. The van der Waals surface area contributed by atoms with Crippen LogP contribution < -0.4 is 4.74 Å². The Bertz CT molecular complexity index is 637. The maximum Gasteiger partial charge on any atom is 0.306 e. The van der Waals surface area contributed by atoms with Crippen LogP contribution in [-0.2, 0) is 20.9 Å². The first-order valence-corrected chi connectivity index (χ1v) is 6.83. The number of esters is 1. The molecule has 0 fully saturated rings. The molecule has 2 aromatic rings. The fourth-order valence-corrected chi connectivity index (χ4v) is 1.77. The Morgan fingerprint density at radius 3 is 2.36 bits per heavy atom. The van der Waals surface area contributed by atoms with Crippen molar-refractivity contribution in [1.29, 1.82) is 0 Å². The first kappa shape index (κ1) is 15.6. The van der Waals surface area contributed by atoms with Gasteiger partial charge in [-0.05, 0) is 29.8 Å². The van der Waals surface area contributed by atoms with Gasteiger partial charge in [-0.1, -0.05) is 30.3 Å². The van der Waals surface area contributed by atoms with Crippen LogP contribution >= 0.6 is 0 Å². The van der Waals surface area contributed by atoms with Gasteiger partial charge in [0.25, 0.3) is 0 Å². The van der Waals surface area contributed by atoms with E-state index < -0.39 is 11.9 Å². The summed E-state index contributed by atoms with van der Waals surface area (Å²) in [5, 5.41) is 8.50. The number of benzene rings is 2. The molecule has 2 aromatic carbocycles. The van der Waals surface area contributed by atoms with Gasteiger partial charge in [-0.25, -0.2) is 0 Å². The summed E-state index contributed by atoms with van der Waals surface area (Å²) in [4.78, 5) is 21.8. The van der Waals surface area contributed by atoms with E-state index in [1.807, 2.05) is 42.5 Å². The second-order valence-electron chi connectivity index (χ2n) is 4.62. The molecule has 1 N–H and O–H groups in total. The molecule has 0 bridgehead atoms. The summed E-state index contributed by atoms with van der Waals surface area (Å²) >= 11 is 0. The highest BCUT2D eigenvalue weighted by molar-refractivity contribution is 5.76. The minimum atomic E-state index is -1.02. The Balaban J connectivity index is 1.89. The largest absolute Gasteiger partial charge is 0.481 e. The molecule has 0 spiro atoms. The monoisotopic (exact) mass is 300 g/mol. The molecule has 0 unspecified atom stereocenters. The molecule has 0 amide bonds. The fraction of sp³-hybridized carbons (Fsp3) is 0.176. The third kappa shape index (κ3) is 5.28. The molecule has 2 rings (SSSR count). The second-order valence-corrected chi connectivity index (χ2v) is 4.62. The lowest BCUT2D eigenvalue weighted by molar-refractivity contribution is -0.148. The van der Waals surface area contributed by atoms with Crippen LogP contribution in [0.5, 0.6) is 11.5 Å². The number of hydrogen-bond acceptors (Lipinski definition) is 4. The molecule has 22 heavy (non-hydrogen) atoms. The highest BCUT2D eigenvalue weighted by atomic mass is 16.5. The topological polar surface area (TPSA) is 72.8 Å². The maximum atomic E-state index is 11.4. The van der Waals surface area contributed by atoms with Crippen LogP contribution in [0, 0.1) is 0 Å². The highest BCUT2D eigenvalue weighted by Gasteiger charge is 2.07. The number of carbonyl (C=O) groups is 2. The third-order valence-electron chi connectivity index (χ3n) is 2.82. The Labute approximate surface area is 128 Å². The van der Waals surface area contributed by atoms with Crippen molar-refractivity contribution in [3.8, 4) is 11.5 Å². The van der Waals surface area contributed by atoms with E-state index in [2.05, 4.69) is 0 Å². The van der Waals surface area contributed by atoms with Crippen molar-refractivity contribution >= 4 is 11.9 Å². The first-order chi connectivity index (χ1) is 10.6. The van der Waals surface area contributed by atoms with Crippen molar-refractivity contribution < 1.29 is 24.2 Å². The molecule has 5 nitrogen and oxygen atoms in total. The van der Waals surface area contributed by atoms with Crippen molar-refractivity contribution in [2.45, 2.75) is 19.4 Å². The Morgan fingerprint density at radius 1 is 0.909 bits per heavy atom. The predicted molar refractivity (Wildman–Crippen MR) is 79.6 cm³/mol. The van der Waals surface area contributed by atoms with E-state index in [0.29, 0.717) is 5.75 Å². The van der Waals surface area contributed by atoms with Crippen molar-refractivity contribution in [3.63, 3.8) is 0 Å². The van der Waals surface area contributed by atoms with Crippen molar-refractivity contribution in [2.75, 3.05) is 0 Å². The van der Waals surface area contributed by atoms with Crippen molar-refractivity contribution in [1.82, 2.24) is 0 Å². The van der Waals surface area contributed by atoms with Crippen LogP contribution in [0.15, 0.2) is 54.6 Å². The molecular weight excluding hydrogens is 284 g/mol. The SMILES string of the molecule is O=C(O)CCC(=O)OCc1cccc(Oc2ccccc2)c1. The maximum absolute atomic E-state index is 11.4. The fourth-order valence-electron chi connectivity index (χ4n) is 1.77. The number of carboxylic acids is 1. The summed E-state index contributed by atoms with van der Waals surface area (Å²) in [6.45, 7) is 0.0877. The summed E-state index contributed by atoms with van der Waals surface area (Å²) < 4.78 is 10.7. The molecule has 0 saturated heterocycles. The number of aliphatic carboxylic acids is 1. The van der Waals surface area contributed by atoms with E-state index in [9.17, 15) is 9.59 Å². The van der Waals surface area contributed by atoms with Crippen LogP contribution in [0.4, 0.5) is 0 Å². The van der Waals surface area contributed by atoms with Crippen LogP contribution in [0.25, 0.3) is 0 Å². The Hall–Kier alpha value is -2.82. The molecule has 0 radical (unpaired) electrons. The Kier molecular flexibility index (Phi) is 5.54. The van der Waals surface area contributed by atoms with Gasteiger partial charge in [-0.3, -0.25) is 9.59 Å². The quantitative estimate of drug-likeness (QED) is 0.793. The molecule has 0 aliphatic rings. The molecule has 0 aromatic heterocycles. The number of hydrogen-bond donors (Lipinski definition) is 1. The highest BCUT2D eigenvalue weighted by Crippen LogP contribution is 2.22. The first-order valence-electron chi connectivity index (χ1n) is 6.83. The molecule has 5 heteroatoms. The minimum absolute atomic E-state index is 0.0877. The number of rotatable bonds is 7. The molecule has 0 aliphatic carbocycles. The number of para-hydroxylation sites is 1. The lowest BCUT2D eigenvalue weighted by atomic mass is 10.2. The summed E-state index contributed by atoms with van der Waals surface area (Å²) in [6, 6.07) is 16.5. The van der Waals surface area contributed by atoms with Gasteiger partial charge < -0.3 is 14.6 Å².